The summed E-state index contributed by atoms with van der Waals surface area (Å²) in [5.74, 6) is 0. The summed E-state index contributed by atoms with van der Waals surface area (Å²) in [5.41, 5.74) is 1.20. The van der Waals surface area contributed by atoms with Gasteiger partial charge < -0.3 is 0 Å². The van der Waals surface area contributed by atoms with Gasteiger partial charge in [-0.05, 0) is 60.5 Å². The third-order valence-corrected chi connectivity index (χ3v) is 6.17. The normalized spacial score (nSPS) is 16.9. The minimum atomic E-state index is -3.45. The molecule has 1 N–H and O–H groups in total. The predicted octanol–water partition coefficient (Wildman–Crippen LogP) is 3.29. The van der Waals surface area contributed by atoms with Crippen molar-refractivity contribution in [3.05, 3.63) is 52.7 Å². The Bertz CT molecular complexity index is 684. The van der Waals surface area contributed by atoms with E-state index in [1.807, 2.05) is 11.4 Å². The van der Waals surface area contributed by atoms with E-state index in [4.69, 9.17) is 0 Å². The van der Waals surface area contributed by atoms with Crippen molar-refractivity contribution in [3.63, 3.8) is 0 Å². The molecule has 1 aliphatic heterocycles. The topological polar surface area (TPSA) is 49.4 Å². The third kappa shape index (κ3) is 4.55. The lowest BCUT2D eigenvalue weighted by Gasteiger charge is -2.27. The predicted molar refractivity (Wildman–Crippen MR) is 96.7 cm³/mol. The van der Waals surface area contributed by atoms with Gasteiger partial charge in [0, 0.05) is 12.6 Å². The molecule has 126 valence electrons. The first-order valence-corrected chi connectivity index (χ1v) is 9.90. The maximum atomic E-state index is 12.4. The monoisotopic (exact) mass is 372 g/mol. The second kappa shape index (κ2) is 8.26. The number of likely N-dealkylation sites (tertiary alicyclic amines) is 1. The molecule has 1 aromatic carbocycles. The summed E-state index contributed by atoms with van der Waals surface area (Å²) >= 11 is 1.65. The Labute approximate surface area is 148 Å². The molecule has 2 heterocycles. The van der Waals surface area contributed by atoms with E-state index in [9.17, 15) is 8.42 Å². The fourth-order valence-corrected chi connectivity index (χ4v) is 4.61. The van der Waals surface area contributed by atoms with Crippen LogP contribution < -0.4 is 4.72 Å². The number of halogens is 1. The zero-order chi connectivity index (χ0) is 15.4. The number of benzene rings is 1. The average molecular weight is 373 g/mol. The second-order valence-electron chi connectivity index (χ2n) is 5.48. The van der Waals surface area contributed by atoms with E-state index < -0.39 is 10.0 Å². The molecule has 3 rings (SSSR count). The van der Waals surface area contributed by atoms with E-state index in [-0.39, 0.29) is 18.4 Å². The van der Waals surface area contributed by atoms with Gasteiger partial charge in [-0.25, -0.2) is 13.1 Å². The summed E-state index contributed by atoms with van der Waals surface area (Å²) in [5, 5.41) is 4.16. The van der Waals surface area contributed by atoms with Crippen LogP contribution in [0.4, 0.5) is 0 Å². The molecule has 0 radical (unpaired) electrons. The second-order valence-corrected chi connectivity index (χ2v) is 8.03. The van der Waals surface area contributed by atoms with Gasteiger partial charge in [0.2, 0.25) is 10.0 Å². The Hall–Kier alpha value is -0.920. The van der Waals surface area contributed by atoms with Crippen LogP contribution in [0.2, 0.25) is 0 Å². The SMILES string of the molecule is Cl.O=S(=O)(NCC(c1ccsc1)N1CCCC1)c1ccccc1. The lowest BCUT2D eigenvalue weighted by molar-refractivity contribution is 0.247. The van der Waals surface area contributed by atoms with Crippen molar-refractivity contribution in [2.45, 2.75) is 23.8 Å². The van der Waals surface area contributed by atoms with Crippen molar-refractivity contribution in [2.24, 2.45) is 0 Å². The summed E-state index contributed by atoms with van der Waals surface area (Å²) < 4.78 is 27.6. The van der Waals surface area contributed by atoms with Crippen LogP contribution in [-0.4, -0.2) is 33.0 Å². The van der Waals surface area contributed by atoms with Crippen molar-refractivity contribution in [1.82, 2.24) is 9.62 Å². The molecule has 1 saturated heterocycles. The lowest BCUT2D eigenvalue weighted by atomic mass is 10.1. The number of nitrogens with zero attached hydrogens (tertiary/aromatic N) is 1. The van der Waals surface area contributed by atoms with Gasteiger partial charge >= 0.3 is 0 Å². The van der Waals surface area contributed by atoms with Crippen LogP contribution >= 0.6 is 23.7 Å². The largest absolute Gasteiger partial charge is 0.295 e. The third-order valence-electron chi connectivity index (χ3n) is 4.03. The molecule has 0 amide bonds. The number of rotatable bonds is 6. The standard InChI is InChI=1S/C16H20N2O2S2.ClH/c19-22(20,15-6-2-1-3-7-15)17-12-16(14-8-11-21-13-14)18-9-4-5-10-18;/h1-3,6-8,11,13,16-17H,4-5,9-10,12H2;1H. The van der Waals surface area contributed by atoms with Crippen molar-refractivity contribution in [1.29, 1.82) is 0 Å². The van der Waals surface area contributed by atoms with Crippen LogP contribution in [0.1, 0.15) is 24.4 Å². The molecule has 0 aliphatic carbocycles. The Morgan fingerprint density at radius 2 is 1.83 bits per heavy atom. The quantitative estimate of drug-likeness (QED) is 0.846. The first-order chi connectivity index (χ1) is 10.7. The molecule has 1 aromatic heterocycles. The van der Waals surface area contributed by atoms with Crippen molar-refractivity contribution >= 4 is 33.8 Å². The van der Waals surface area contributed by atoms with E-state index >= 15 is 0 Å². The molecule has 1 fully saturated rings. The number of hydrogen-bond donors (Lipinski definition) is 1. The van der Waals surface area contributed by atoms with E-state index in [1.165, 1.54) is 18.4 Å². The van der Waals surface area contributed by atoms with Crippen LogP contribution in [0.25, 0.3) is 0 Å². The van der Waals surface area contributed by atoms with E-state index in [0.29, 0.717) is 11.4 Å². The highest BCUT2D eigenvalue weighted by atomic mass is 35.5. The molecular formula is C16H21ClN2O2S2. The van der Waals surface area contributed by atoms with E-state index in [1.54, 1.807) is 35.6 Å². The maximum absolute atomic E-state index is 12.4. The highest BCUT2D eigenvalue weighted by Crippen LogP contribution is 2.26. The van der Waals surface area contributed by atoms with E-state index in [0.717, 1.165) is 13.1 Å². The maximum Gasteiger partial charge on any atom is 0.240 e. The Morgan fingerprint density at radius 1 is 1.13 bits per heavy atom. The Balaban J connectivity index is 0.00000192. The lowest BCUT2D eigenvalue weighted by Crippen LogP contribution is -2.36. The smallest absolute Gasteiger partial charge is 0.240 e. The number of hydrogen-bond acceptors (Lipinski definition) is 4. The van der Waals surface area contributed by atoms with Gasteiger partial charge in [-0.15, -0.1) is 12.4 Å². The summed E-state index contributed by atoms with van der Waals surface area (Å²) in [6.07, 6.45) is 2.37. The first kappa shape index (κ1) is 18.4. The van der Waals surface area contributed by atoms with Crippen LogP contribution in [0.15, 0.2) is 52.1 Å². The Morgan fingerprint density at radius 3 is 2.43 bits per heavy atom. The summed E-state index contributed by atoms with van der Waals surface area (Å²) in [4.78, 5) is 2.69. The number of sulfonamides is 1. The van der Waals surface area contributed by atoms with Gasteiger partial charge in [0.05, 0.1) is 4.90 Å². The first-order valence-electron chi connectivity index (χ1n) is 7.48. The van der Waals surface area contributed by atoms with E-state index in [2.05, 4.69) is 21.1 Å². The molecule has 1 unspecified atom stereocenters. The van der Waals surface area contributed by atoms with Gasteiger partial charge in [0.15, 0.2) is 0 Å². The van der Waals surface area contributed by atoms with Crippen LogP contribution in [0.3, 0.4) is 0 Å². The fraction of sp³-hybridized carbons (Fsp3) is 0.375. The molecule has 0 saturated carbocycles. The van der Waals surface area contributed by atoms with Gasteiger partial charge in [-0.2, -0.15) is 11.3 Å². The van der Waals surface area contributed by atoms with Gasteiger partial charge in [0.1, 0.15) is 0 Å². The molecule has 2 aromatic rings. The summed E-state index contributed by atoms with van der Waals surface area (Å²) in [6, 6.07) is 10.8. The zero-order valence-corrected chi connectivity index (χ0v) is 15.2. The van der Waals surface area contributed by atoms with Crippen molar-refractivity contribution < 1.29 is 8.42 Å². The Kier molecular flexibility index (Phi) is 6.61. The van der Waals surface area contributed by atoms with Crippen LogP contribution in [0.5, 0.6) is 0 Å². The molecule has 7 heteroatoms. The van der Waals surface area contributed by atoms with Gasteiger partial charge in [0.25, 0.3) is 0 Å². The van der Waals surface area contributed by atoms with Gasteiger partial charge in [-0.3, -0.25) is 4.90 Å². The number of nitrogens with one attached hydrogen (secondary N) is 1. The molecule has 23 heavy (non-hydrogen) atoms. The summed E-state index contributed by atoms with van der Waals surface area (Å²) in [7, 11) is -3.45. The van der Waals surface area contributed by atoms with Gasteiger partial charge in [-0.1, -0.05) is 18.2 Å². The van der Waals surface area contributed by atoms with Crippen molar-refractivity contribution in [3.8, 4) is 0 Å². The zero-order valence-electron chi connectivity index (χ0n) is 12.7. The number of thiophene rings is 1. The highest BCUT2D eigenvalue weighted by Gasteiger charge is 2.25. The van der Waals surface area contributed by atoms with Crippen molar-refractivity contribution in [2.75, 3.05) is 19.6 Å². The minimum absolute atomic E-state index is 0. The molecular weight excluding hydrogens is 352 g/mol. The molecule has 0 bridgehead atoms. The minimum Gasteiger partial charge on any atom is -0.295 e. The molecule has 4 nitrogen and oxygen atoms in total. The fourth-order valence-electron chi connectivity index (χ4n) is 2.85. The van der Waals surface area contributed by atoms with Crippen LogP contribution in [-0.2, 0) is 10.0 Å². The molecule has 0 spiro atoms. The molecule has 1 atom stereocenters. The average Bonchev–Trinajstić information content (AvgIpc) is 3.22. The molecule has 1 aliphatic rings. The summed E-state index contributed by atoms with van der Waals surface area (Å²) in [6.45, 7) is 2.48. The highest BCUT2D eigenvalue weighted by molar-refractivity contribution is 7.89. The van der Waals surface area contributed by atoms with Crippen LogP contribution in [0, 0.1) is 0 Å².